The molecule has 2 N–H and O–H groups in total. The van der Waals surface area contributed by atoms with Gasteiger partial charge in [-0.3, -0.25) is 14.9 Å². The summed E-state index contributed by atoms with van der Waals surface area (Å²) in [5.41, 5.74) is -0.296. The summed E-state index contributed by atoms with van der Waals surface area (Å²) in [4.78, 5) is 23.3. The Bertz CT molecular complexity index is 1090. The number of nitro groups is 1. The van der Waals surface area contributed by atoms with Crippen molar-refractivity contribution in [2.75, 3.05) is 0 Å². The average Bonchev–Trinajstić information content (AvgIpc) is 2.84. The van der Waals surface area contributed by atoms with Crippen LogP contribution in [0.5, 0.6) is 0 Å². The minimum Gasteiger partial charge on any atom is -0.478 e. The molecule has 0 aliphatic carbocycles. The molecule has 9 heteroatoms. The van der Waals surface area contributed by atoms with E-state index in [4.69, 9.17) is 9.88 Å². The van der Waals surface area contributed by atoms with Gasteiger partial charge >= 0.3 is 0 Å². The van der Waals surface area contributed by atoms with E-state index in [1.165, 1.54) is 42.5 Å². The minimum atomic E-state index is -3.86. The largest absolute Gasteiger partial charge is 0.478 e. The van der Waals surface area contributed by atoms with Crippen LogP contribution in [0.1, 0.15) is 25.0 Å². The number of rotatable bonds is 4. The summed E-state index contributed by atoms with van der Waals surface area (Å²) in [5, 5.41) is 16.2. The van der Waals surface area contributed by atoms with Gasteiger partial charge in [-0.1, -0.05) is 12.1 Å². The molecular weight excluding hydrogens is 372 g/mol. The van der Waals surface area contributed by atoms with Crippen molar-refractivity contribution in [3.05, 3.63) is 69.8 Å². The Balaban J connectivity index is 2.18. The zero-order valence-electron chi connectivity index (χ0n) is 14.5. The van der Waals surface area contributed by atoms with Crippen LogP contribution in [0.15, 0.2) is 53.4 Å². The normalized spacial score (nSPS) is 16.3. The summed E-state index contributed by atoms with van der Waals surface area (Å²) in [6, 6.07) is 11.3. The summed E-state index contributed by atoms with van der Waals surface area (Å²) in [7, 11) is -3.86. The molecule has 8 nitrogen and oxygen atoms in total. The standard InChI is InChI=1S/C18H16N2O6S/c1-18(2)17(21)15(12-4-3-5-13(10-12)20(22)23)16(26-18)11-6-8-14(9-7-11)27(19,24)25/h3-10H,1-2H3,(H2,19,24,25). The van der Waals surface area contributed by atoms with E-state index in [-0.39, 0.29) is 27.7 Å². The number of sulfonamides is 1. The van der Waals surface area contributed by atoms with Crippen molar-refractivity contribution in [3.8, 4) is 0 Å². The zero-order valence-corrected chi connectivity index (χ0v) is 15.3. The molecule has 0 spiro atoms. The SMILES string of the molecule is CC1(C)OC(c2ccc(S(N)(=O)=O)cc2)=C(c2cccc([N+](=O)[O-])c2)C1=O. The van der Waals surface area contributed by atoms with Crippen molar-refractivity contribution in [2.45, 2.75) is 24.3 Å². The van der Waals surface area contributed by atoms with Gasteiger partial charge in [0.05, 0.1) is 15.4 Å². The van der Waals surface area contributed by atoms with E-state index in [0.29, 0.717) is 11.1 Å². The number of hydrogen-bond donors (Lipinski definition) is 1. The maximum atomic E-state index is 12.8. The fourth-order valence-electron chi connectivity index (χ4n) is 2.79. The second-order valence-electron chi connectivity index (χ2n) is 6.52. The maximum Gasteiger partial charge on any atom is 0.270 e. The van der Waals surface area contributed by atoms with Gasteiger partial charge in [0.1, 0.15) is 5.76 Å². The lowest BCUT2D eigenvalue weighted by Crippen LogP contribution is -2.29. The number of ether oxygens (including phenoxy) is 1. The Hall–Kier alpha value is -3.04. The number of hydrogen-bond acceptors (Lipinski definition) is 6. The van der Waals surface area contributed by atoms with E-state index in [1.54, 1.807) is 19.9 Å². The molecule has 140 valence electrons. The first-order valence-electron chi connectivity index (χ1n) is 7.87. The summed E-state index contributed by atoms with van der Waals surface area (Å²) in [5.74, 6) is -0.0972. The monoisotopic (exact) mass is 388 g/mol. The Morgan fingerprint density at radius 1 is 1.07 bits per heavy atom. The molecule has 27 heavy (non-hydrogen) atoms. The summed E-state index contributed by atoms with van der Waals surface area (Å²) in [6.07, 6.45) is 0. The fourth-order valence-corrected chi connectivity index (χ4v) is 3.31. The van der Waals surface area contributed by atoms with Crippen LogP contribution in [0.4, 0.5) is 5.69 Å². The van der Waals surface area contributed by atoms with Crippen LogP contribution in [-0.2, 0) is 19.6 Å². The number of carbonyl (C=O) groups excluding carboxylic acids is 1. The Morgan fingerprint density at radius 3 is 2.26 bits per heavy atom. The highest BCUT2D eigenvalue weighted by molar-refractivity contribution is 7.89. The van der Waals surface area contributed by atoms with Gasteiger partial charge < -0.3 is 4.74 Å². The number of ketones is 1. The molecule has 0 amide bonds. The smallest absolute Gasteiger partial charge is 0.270 e. The Morgan fingerprint density at radius 2 is 1.70 bits per heavy atom. The Labute approximate surface area is 155 Å². The van der Waals surface area contributed by atoms with E-state index in [1.807, 2.05) is 0 Å². The highest BCUT2D eigenvalue weighted by Gasteiger charge is 2.43. The predicted octanol–water partition coefficient (Wildman–Crippen LogP) is 2.49. The first-order valence-corrected chi connectivity index (χ1v) is 9.41. The van der Waals surface area contributed by atoms with E-state index < -0.39 is 20.5 Å². The highest BCUT2D eigenvalue weighted by atomic mass is 32.2. The van der Waals surface area contributed by atoms with Crippen molar-refractivity contribution >= 4 is 32.8 Å². The number of Topliss-reactive ketones (excluding diaryl/α,β-unsaturated/α-hetero) is 1. The molecule has 1 aliphatic rings. The number of benzene rings is 2. The van der Waals surface area contributed by atoms with Crippen molar-refractivity contribution in [1.29, 1.82) is 0 Å². The molecule has 0 atom stereocenters. The second kappa shape index (κ2) is 6.29. The molecule has 0 fully saturated rings. The molecule has 0 bridgehead atoms. The topological polar surface area (TPSA) is 130 Å². The van der Waals surface area contributed by atoms with Gasteiger partial charge in [0.25, 0.3) is 5.69 Å². The molecule has 2 aromatic carbocycles. The van der Waals surface area contributed by atoms with Gasteiger partial charge in [0.2, 0.25) is 15.8 Å². The number of primary sulfonamides is 1. The van der Waals surface area contributed by atoms with Crippen LogP contribution in [0.3, 0.4) is 0 Å². The number of nitrogens with two attached hydrogens (primary N) is 1. The quantitative estimate of drug-likeness (QED) is 0.633. The van der Waals surface area contributed by atoms with Crippen LogP contribution in [0.25, 0.3) is 11.3 Å². The van der Waals surface area contributed by atoms with Gasteiger partial charge in [0.15, 0.2) is 5.60 Å². The molecule has 1 aliphatic heterocycles. The molecule has 0 saturated heterocycles. The number of carbonyl (C=O) groups is 1. The maximum absolute atomic E-state index is 12.8. The van der Waals surface area contributed by atoms with Crippen LogP contribution in [0, 0.1) is 10.1 Å². The molecule has 0 radical (unpaired) electrons. The van der Waals surface area contributed by atoms with Crippen molar-refractivity contribution in [1.82, 2.24) is 0 Å². The van der Waals surface area contributed by atoms with E-state index in [2.05, 4.69) is 0 Å². The van der Waals surface area contributed by atoms with Crippen molar-refractivity contribution in [2.24, 2.45) is 5.14 Å². The van der Waals surface area contributed by atoms with Crippen molar-refractivity contribution < 1.29 is 22.9 Å². The predicted molar refractivity (Wildman–Crippen MR) is 97.9 cm³/mol. The van der Waals surface area contributed by atoms with Crippen LogP contribution in [0.2, 0.25) is 0 Å². The number of nitrogens with zero attached hydrogens (tertiary/aromatic N) is 1. The van der Waals surface area contributed by atoms with Crippen LogP contribution in [-0.4, -0.2) is 24.7 Å². The number of non-ortho nitro benzene ring substituents is 1. The molecule has 0 saturated carbocycles. The molecule has 1 heterocycles. The zero-order chi connectivity index (χ0) is 20.0. The Kier molecular flexibility index (Phi) is 4.37. The third kappa shape index (κ3) is 3.46. The molecule has 2 aromatic rings. The lowest BCUT2D eigenvalue weighted by molar-refractivity contribution is -0.384. The van der Waals surface area contributed by atoms with Gasteiger partial charge in [-0.25, -0.2) is 13.6 Å². The third-order valence-corrected chi connectivity index (χ3v) is 5.08. The van der Waals surface area contributed by atoms with Crippen LogP contribution < -0.4 is 5.14 Å². The van der Waals surface area contributed by atoms with Gasteiger partial charge in [0, 0.05) is 17.7 Å². The minimum absolute atomic E-state index is 0.0765. The molecule has 3 rings (SSSR count). The summed E-state index contributed by atoms with van der Waals surface area (Å²) >= 11 is 0. The number of nitro benzene ring substituents is 1. The first-order chi connectivity index (χ1) is 12.5. The average molecular weight is 388 g/mol. The van der Waals surface area contributed by atoms with E-state index in [9.17, 15) is 23.3 Å². The fraction of sp³-hybridized carbons (Fsp3) is 0.167. The van der Waals surface area contributed by atoms with Gasteiger partial charge in [-0.05, 0) is 43.7 Å². The lowest BCUT2D eigenvalue weighted by atomic mass is 9.92. The highest BCUT2D eigenvalue weighted by Crippen LogP contribution is 2.41. The van der Waals surface area contributed by atoms with Gasteiger partial charge in [-0.15, -0.1) is 0 Å². The van der Waals surface area contributed by atoms with E-state index in [0.717, 1.165) is 0 Å². The molecular formula is C18H16N2O6S. The molecule has 0 unspecified atom stereocenters. The van der Waals surface area contributed by atoms with Gasteiger partial charge in [-0.2, -0.15) is 0 Å². The van der Waals surface area contributed by atoms with Crippen molar-refractivity contribution in [3.63, 3.8) is 0 Å². The van der Waals surface area contributed by atoms with E-state index >= 15 is 0 Å². The molecule has 0 aromatic heterocycles. The summed E-state index contributed by atoms with van der Waals surface area (Å²) < 4.78 is 28.7. The second-order valence-corrected chi connectivity index (χ2v) is 8.08. The lowest BCUT2D eigenvalue weighted by Gasteiger charge is -2.17. The van der Waals surface area contributed by atoms with Crippen LogP contribution >= 0.6 is 0 Å². The first kappa shape index (κ1) is 18.7. The summed E-state index contributed by atoms with van der Waals surface area (Å²) in [6.45, 7) is 3.19. The third-order valence-electron chi connectivity index (χ3n) is 4.15.